The van der Waals surface area contributed by atoms with Gasteiger partial charge in [0.05, 0.1) is 7.11 Å². The van der Waals surface area contributed by atoms with E-state index in [1.165, 1.54) is 11.1 Å². The number of rotatable bonds is 8. The number of alkyl halides is 1. The topological polar surface area (TPSA) is 21.3 Å². The lowest BCUT2D eigenvalue weighted by molar-refractivity contribution is 0.410. The first kappa shape index (κ1) is 19.4. The molecular weight excluding hydrogens is 314 g/mol. The molecule has 22 heavy (non-hydrogen) atoms. The first-order valence-electron chi connectivity index (χ1n) is 7.60. The monoisotopic (exact) mass is 341 g/mol. The van der Waals surface area contributed by atoms with Gasteiger partial charge in [-0.2, -0.15) is 0 Å². The Morgan fingerprint density at radius 3 is 2.59 bits per heavy atom. The van der Waals surface area contributed by atoms with Crippen LogP contribution in [0.15, 0.2) is 24.8 Å². The first-order valence-corrected chi connectivity index (χ1v) is 8.95. The van der Waals surface area contributed by atoms with Crippen molar-refractivity contribution in [2.75, 3.05) is 13.0 Å². The minimum absolute atomic E-state index is 0.154. The average Bonchev–Trinajstić information content (AvgIpc) is 2.43. The SMILES string of the molecule is C=CCC(NSC(C)(C)C)c1cc(OC)c(C)cc1CCCl. The van der Waals surface area contributed by atoms with E-state index in [0.29, 0.717) is 5.88 Å². The molecule has 0 saturated heterocycles. The maximum Gasteiger partial charge on any atom is 0.122 e. The van der Waals surface area contributed by atoms with Crippen molar-refractivity contribution in [3.63, 3.8) is 0 Å². The first-order chi connectivity index (χ1) is 10.3. The summed E-state index contributed by atoms with van der Waals surface area (Å²) in [4.78, 5) is 0. The van der Waals surface area contributed by atoms with Crippen LogP contribution in [-0.2, 0) is 6.42 Å². The van der Waals surface area contributed by atoms with Crippen molar-refractivity contribution >= 4 is 23.5 Å². The lowest BCUT2D eigenvalue weighted by Crippen LogP contribution is -2.22. The molecule has 1 unspecified atom stereocenters. The van der Waals surface area contributed by atoms with E-state index < -0.39 is 0 Å². The molecule has 0 fully saturated rings. The van der Waals surface area contributed by atoms with Gasteiger partial charge >= 0.3 is 0 Å². The number of benzene rings is 1. The second kappa shape index (κ2) is 8.85. The number of hydrogen-bond acceptors (Lipinski definition) is 3. The van der Waals surface area contributed by atoms with Crippen LogP contribution in [0.5, 0.6) is 5.75 Å². The van der Waals surface area contributed by atoms with E-state index in [1.54, 1.807) is 19.1 Å². The standard InChI is InChI=1S/C18H28ClNOS/c1-7-8-16(20-22-18(3,4)5)15-12-17(21-6)13(2)11-14(15)9-10-19/h7,11-12,16,20H,1,8-10H2,2-6H3. The molecular formula is C18H28ClNOS. The predicted octanol–water partition coefficient (Wildman–Crippen LogP) is 5.44. The molecule has 1 atom stereocenters. The lowest BCUT2D eigenvalue weighted by atomic mass is 9.94. The molecule has 1 rings (SSSR count). The van der Waals surface area contributed by atoms with Crippen molar-refractivity contribution in [3.05, 3.63) is 41.5 Å². The Balaban J connectivity index is 3.17. The number of hydrogen-bond donors (Lipinski definition) is 1. The van der Waals surface area contributed by atoms with Crippen LogP contribution in [0.4, 0.5) is 0 Å². The van der Waals surface area contributed by atoms with Gasteiger partial charge in [0.1, 0.15) is 5.75 Å². The van der Waals surface area contributed by atoms with Crippen molar-refractivity contribution in [2.24, 2.45) is 0 Å². The molecule has 2 nitrogen and oxygen atoms in total. The summed E-state index contributed by atoms with van der Waals surface area (Å²) in [5.41, 5.74) is 3.68. The Hall–Kier alpha value is -0.640. The van der Waals surface area contributed by atoms with Gasteiger partial charge in [-0.1, -0.05) is 24.1 Å². The number of methoxy groups -OCH3 is 1. The van der Waals surface area contributed by atoms with Gasteiger partial charge < -0.3 is 4.74 Å². The quantitative estimate of drug-likeness (QED) is 0.386. The van der Waals surface area contributed by atoms with Crippen molar-refractivity contribution in [1.82, 2.24) is 4.72 Å². The largest absolute Gasteiger partial charge is 0.496 e. The van der Waals surface area contributed by atoms with Gasteiger partial charge in [-0.25, -0.2) is 0 Å². The molecule has 0 heterocycles. The predicted molar refractivity (Wildman–Crippen MR) is 100 cm³/mol. The smallest absolute Gasteiger partial charge is 0.122 e. The maximum absolute atomic E-state index is 5.99. The van der Waals surface area contributed by atoms with Gasteiger partial charge in [-0.15, -0.1) is 18.2 Å². The zero-order valence-electron chi connectivity index (χ0n) is 14.3. The highest BCUT2D eigenvalue weighted by Crippen LogP contribution is 2.32. The van der Waals surface area contributed by atoms with E-state index in [4.69, 9.17) is 16.3 Å². The summed E-state index contributed by atoms with van der Waals surface area (Å²) in [6.45, 7) is 12.6. The summed E-state index contributed by atoms with van der Waals surface area (Å²) in [6.07, 6.45) is 3.68. The lowest BCUT2D eigenvalue weighted by Gasteiger charge is -2.26. The Morgan fingerprint density at radius 1 is 1.41 bits per heavy atom. The Bertz CT molecular complexity index is 497. The molecule has 0 aromatic heterocycles. The van der Waals surface area contributed by atoms with Crippen LogP contribution in [0.25, 0.3) is 0 Å². The molecule has 124 valence electrons. The van der Waals surface area contributed by atoms with E-state index >= 15 is 0 Å². The van der Waals surface area contributed by atoms with Crippen LogP contribution in [0.1, 0.15) is 49.9 Å². The second-order valence-electron chi connectivity index (χ2n) is 6.37. The number of halogens is 1. The summed E-state index contributed by atoms with van der Waals surface area (Å²) in [5.74, 6) is 1.54. The molecule has 0 saturated carbocycles. The summed E-state index contributed by atoms with van der Waals surface area (Å²) >= 11 is 7.74. The molecule has 0 aliphatic heterocycles. The molecule has 0 amide bonds. The molecule has 1 N–H and O–H groups in total. The fourth-order valence-corrected chi connectivity index (χ4v) is 3.20. The van der Waals surface area contributed by atoms with E-state index in [0.717, 1.165) is 24.2 Å². The van der Waals surface area contributed by atoms with Gasteiger partial charge in [-0.05, 0) is 63.3 Å². The third-order valence-electron chi connectivity index (χ3n) is 3.31. The van der Waals surface area contributed by atoms with Gasteiger partial charge in [-0.3, -0.25) is 4.72 Å². The summed E-state index contributed by atoms with van der Waals surface area (Å²) in [5, 5.41) is 0. The summed E-state index contributed by atoms with van der Waals surface area (Å²) < 4.78 is 9.25. The molecule has 1 aromatic rings. The van der Waals surface area contributed by atoms with Crippen LogP contribution in [0.2, 0.25) is 0 Å². The van der Waals surface area contributed by atoms with Crippen LogP contribution in [0.3, 0.4) is 0 Å². The Labute approximate surface area is 144 Å². The molecule has 0 radical (unpaired) electrons. The molecule has 0 aliphatic rings. The second-order valence-corrected chi connectivity index (χ2v) is 8.41. The fourth-order valence-electron chi connectivity index (χ4n) is 2.28. The number of ether oxygens (including phenoxy) is 1. The van der Waals surface area contributed by atoms with Gasteiger partial charge in [0, 0.05) is 16.7 Å². The zero-order valence-corrected chi connectivity index (χ0v) is 15.9. The summed E-state index contributed by atoms with van der Waals surface area (Å²) in [7, 11) is 1.72. The molecule has 4 heteroatoms. The average molecular weight is 342 g/mol. The molecule has 1 aromatic carbocycles. The number of nitrogens with one attached hydrogen (secondary N) is 1. The maximum atomic E-state index is 5.99. The minimum atomic E-state index is 0.154. The van der Waals surface area contributed by atoms with Crippen molar-refractivity contribution < 1.29 is 4.74 Å². The van der Waals surface area contributed by atoms with Crippen LogP contribution in [-0.4, -0.2) is 17.7 Å². The number of aryl methyl sites for hydroxylation is 2. The molecule has 0 spiro atoms. The van der Waals surface area contributed by atoms with Crippen LogP contribution < -0.4 is 9.46 Å². The van der Waals surface area contributed by atoms with E-state index in [2.05, 4.69) is 51.1 Å². The van der Waals surface area contributed by atoms with Gasteiger partial charge in [0.15, 0.2) is 0 Å². The van der Waals surface area contributed by atoms with Crippen molar-refractivity contribution in [2.45, 2.75) is 51.3 Å². The third kappa shape index (κ3) is 5.86. The van der Waals surface area contributed by atoms with Crippen molar-refractivity contribution in [1.29, 1.82) is 0 Å². The molecule has 0 bridgehead atoms. The molecule has 0 aliphatic carbocycles. The van der Waals surface area contributed by atoms with Gasteiger partial charge in [0.2, 0.25) is 0 Å². The van der Waals surface area contributed by atoms with Gasteiger partial charge in [0.25, 0.3) is 0 Å². The third-order valence-corrected chi connectivity index (χ3v) is 4.51. The van der Waals surface area contributed by atoms with Crippen molar-refractivity contribution in [3.8, 4) is 5.75 Å². The van der Waals surface area contributed by atoms with E-state index in [9.17, 15) is 0 Å². The van der Waals surface area contributed by atoms with E-state index in [-0.39, 0.29) is 10.8 Å². The fraction of sp³-hybridized carbons (Fsp3) is 0.556. The van der Waals surface area contributed by atoms with Crippen LogP contribution >= 0.6 is 23.5 Å². The van der Waals surface area contributed by atoms with Crippen LogP contribution in [0, 0.1) is 6.92 Å². The Morgan fingerprint density at radius 2 is 2.09 bits per heavy atom. The highest BCUT2D eigenvalue weighted by atomic mass is 35.5. The van der Waals surface area contributed by atoms with E-state index in [1.807, 2.05) is 6.08 Å². The zero-order chi connectivity index (χ0) is 16.8. The highest BCUT2D eigenvalue weighted by Gasteiger charge is 2.19. The Kier molecular flexibility index (Phi) is 7.81. The minimum Gasteiger partial charge on any atom is -0.496 e. The highest BCUT2D eigenvalue weighted by molar-refractivity contribution is 7.98. The summed E-state index contributed by atoms with van der Waals surface area (Å²) in [6, 6.07) is 4.53. The normalized spacial score (nSPS) is 13.0.